The third-order valence-corrected chi connectivity index (χ3v) is 11.4. The normalized spacial score (nSPS) is 18.4. The highest BCUT2D eigenvalue weighted by molar-refractivity contribution is 6.63. The van der Waals surface area contributed by atoms with Crippen LogP contribution in [0.4, 0.5) is 26.3 Å². The van der Waals surface area contributed by atoms with E-state index < -0.39 is 57.4 Å². The van der Waals surface area contributed by atoms with Crippen molar-refractivity contribution in [2.75, 3.05) is 0 Å². The van der Waals surface area contributed by atoms with Gasteiger partial charge in [-0.05, 0) is 10.7 Å². The number of hydrogen-bond donors (Lipinski definition) is 0. The maximum atomic E-state index is 12.2. The van der Waals surface area contributed by atoms with Crippen LogP contribution < -0.4 is 0 Å². The summed E-state index contributed by atoms with van der Waals surface area (Å²) in [5.41, 5.74) is -0.499. The van der Waals surface area contributed by atoms with E-state index in [1.165, 1.54) is 0 Å². The molecule has 0 amide bonds. The fourth-order valence-corrected chi connectivity index (χ4v) is 9.98. The van der Waals surface area contributed by atoms with Crippen LogP contribution in [-0.4, -0.2) is 46.7 Å². The number of rotatable bonds is 8. The van der Waals surface area contributed by atoms with E-state index in [9.17, 15) is 26.3 Å². The molecule has 1 atom stereocenters. The fraction of sp³-hybridized carbons (Fsp3) is 1.00. The molecule has 0 rings (SSSR count). The Kier molecular flexibility index (Phi) is 8.46. The van der Waals surface area contributed by atoms with Gasteiger partial charge in [-0.15, -0.1) is 0 Å². The first kappa shape index (κ1) is 16.2. The Balaban J connectivity index is 4.42. The second kappa shape index (κ2) is 8.34. The molecule has 0 aliphatic heterocycles. The molecular weight excluding hydrogens is 282 g/mol. The van der Waals surface area contributed by atoms with Crippen LogP contribution in [0.1, 0.15) is 13.3 Å². The molecule has 0 nitrogen and oxygen atoms in total. The zero-order valence-electron chi connectivity index (χ0n) is 8.98. The lowest BCUT2D eigenvalue weighted by Gasteiger charge is -2.24. The lowest BCUT2D eigenvalue weighted by molar-refractivity contribution is 0.227. The van der Waals surface area contributed by atoms with Gasteiger partial charge in [-0.25, -0.2) is 26.3 Å². The van der Waals surface area contributed by atoms with Gasteiger partial charge in [-0.3, -0.25) is 0 Å². The first-order valence-electron chi connectivity index (χ1n) is 5.21. The minimum absolute atomic E-state index is 0.348. The fourth-order valence-electron chi connectivity index (χ4n) is 1.86. The third-order valence-electron chi connectivity index (χ3n) is 2.63. The third kappa shape index (κ3) is 7.50. The van der Waals surface area contributed by atoms with Crippen LogP contribution >= 0.6 is 0 Å². The molecule has 98 valence electrons. The molecule has 0 N–H and O–H groups in total. The van der Waals surface area contributed by atoms with Gasteiger partial charge in [-0.1, -0.05) is 13.3 Å². The Morgan fingerprint density at radius 2 is 1.12 bits per heavy atom. The minimum Gasteiger partial charge on any atom is -0.216 e. The van der Waals surface area contributed by atoms with E-state index in [0.29, 0.717) is 6.42 Å². The van der Waals surface area contributed by atoms with Crippen molar-refractivity contribution in [3.05, 3.63) is 0 Å². The molecule has 0 aromatic carbocycles. The van der Waals surface area contributed by atoms with Crippen LogP contribution in [0.2, 0.25) is 10.7 Å². The zero-order valence-corrected chi connectivity index (χ0v) is 13.2. The molecule has 0 aliphatic rings. The van der Waals surface area contributed by atoms with Gasteiger partial charge < -0.3 is 0 Å². The average Bonchev–Trinajstić information content (AvgIpc) is 2.11. The van der Waals surface area contributed by atoms with Crippen molar-refractivity contribution in [3.8, 4) is 0 Å². The second-order valence-corrected chi connectivity index (χ2v) is 11.4. The predicted molar refractivity (Wildman–Crippen MR) is 61.4 cm³/mol. The second-order valence-electron chi connectivity index (χ2n) is 3.81. The summed E-state index contributed by atoms with van der Waals surface area (Å²) in [6, 6.07) is -7.51. The zero-order chi connectivity index (χ0) is 12.7. The van der Waals surface area contributed by atoms with Crippen LogP contribution in [0.3, 0.4) is 0 Å². The van der Waals surface area contributed by atoms with E-state index >= 15 is 0 Å². The van der Waals surface area contributed by atoms with Crippen LogP contribution in [0, 0.1) is 0 Å². The van der Waals surface area contributed by atoms with Crippen molar-refractivity contribution in [1.29, 1.82) is 0 Å². The van der Waals surface area contributed by atoms with Gasteiger partial charge in [-0.2, -0.15) is 0 Å². The summed E-state index contributed by atoms with van der Waals surface area (Å²) in [5.74, 6) is 0. The molecule has 0 saturated carbocycles. The number of alkyl halides is 6. The van der Waals surface area contributed by atoms with E-state index in [4.69, 9.17) is 0 Å². The molecule has 9 heteroatoms. The Morgan fingerprint density at radius 1 is 0.750 bits per heavy atom. The summed E-state index contributed by atoms with van der Waals surface area (Å²) in [6.45, 7) is 1.63. The molecule has 0 aromatic rings. The summed E-state index contributed by atoms with van der Waals surface area (Å²) >= 11 is 0. The van der Waals surface area contributed by atoms with E-state index in [-0.39, 0.29) is 0 Å². The van der Waals surface area contributed by atoms with E-state index in [0.717, 1.165) is 0 Å². The summed E-state index contributed by atoms with van der Waals surface area (Å²) in [5, 5.41) is -0.689. The standard InChI is InChI=1S/C7H16F6Si3/c1-2-3(14-5(8)9)4(15-6(10)11)16-7(12)13/h3-7H,2,14-16H2,1H3. The first-order valence-corrected chi connectivity index (χ1v) is 10.1. The van der Waals surface area contributed by atoms with Crippen LogP contribution in [-0.2, 0) is 0 Å². The van der Waals surface area contributed by atoms with Crippen LogP contribution in [0.5, 0.6) is 0 Å². The molecule has 0 heterocycles. The van der Waals surface area contributed by atoms with Crippen molar-refractivity contribution in [2.45, 2.75) is 42.2 Å². The molecule has 0 aromatic heterocycles. The topological polar surface area (TPSA) is 0 Å². The lowest BCUT2D eigenvalue weighted by atomic mass is 10.4. The molecule has 0 saturated heterocycles. The van der Waals surface area contributed by atoms with Gasteiger partial charge >= 0.3 is 0 Å². The van der Waals surface area contributed by atoms with Gasteiger partial charge in [0.2, 0.25) is 18.1 Å². The maximum absolute atomic E-state index is 12.2. The van der Waals surface area contributed by atoms with Gasteiger partial charge in [0.05, 0.1) is 0 Å². The van der Waals surface area contributed by atoms with Crippen molar-refractivity contribution in [3.63, 3.8) is 0 Å². The van der Waals surface area contributed by atoms with Crippen molar-refractivity contribution in [1.82, 2.24) is 0 Å². The van der Waals surface area contributed by atoms with Gasteiger partial charge in [0.1, 0.15) is 28.6 Å². The van der Waals surface area contributed by atoms with E-state index in [1.54, 1.807) is 6.92 Å². The molecule has 0 fully saturated rings. The lowest BCUT2D eigenvalue weighted by Crippen LogP contribution is -2.30. The Hall–Kier alpha value is 0.231. The smallest absolute Gasteiger partial charge is 0.214 e. The summed E-state index contributed by atoms with van der Waals surface area (Å²) < 4.78 is 73.4. The Morgan fingerprint density at radius 3 is 1.38 bits per heavy atom. The summed E-state index contributed by atoms with van der Waals surface area (Å²) in [4.78, 5) is 0. The summed E-state index contributed by atoms with van der Waals surface area (Å²) in [6.07, 6.45) is 0.348. The highest BCUT2D eigenvalue weighted by atomic mass is 28.3. The largest absolute Gasteiger partial charge is 0.216 e. The Bertz CT molecular complexity index is 170. The van der Waals surface area contributed by atoms with Gasteiger partial charge in [0, 0.05) is 0 Å². The van der Waals surface area contributed by atoms with Crippen LogP contribution in [0.25, 0.3) is 0 Å². The molecule has 1 unspecified atom stereocenters. The number of hydrogen-bond acceptors (Lipinski definition) is 0. The monoisotopic (exact) mass is 298 g/mol. The first-order chi connectivity index (χ1) is 7.36. The molecular formula is C7H16F6Si3. The summed E-state index contributed by atoms with van der Waals surface area (Å²) in [7, 11) is -5.67. The van der Waals surface area contributed by atoms with Crippen molar-refractivity contribution < 1.29 is 26.3 Å². The molecule has 0 aliphatic carbocycles. The Labute approximate surface area is 97.6 Å². The quantitative estimate of drug-likeness (QED) is 0.465. The molecule has 0 spiro atoms. The van der Waals surface area contributed by atoms with Gasteiger partial charge in [0.15, 0.2) is 0 Å². The van der Waals surface area contributed by atoms with E-state index in [2.05, 4.69) is 0 Å². The van der Waals surface area contributed by atoms with Crippen molar-refractivity contribution in [2.24, 2.45) is 0 Å². The van der Waals surface area contributed by atoms with Crippen molar-refractivity contribution >= 4 is 28.6 Å². The highest BCUT2D eigenvalue weighted by Crippen LogP contribution is 2.29. The molecule has 16 heavy (non-hydrogen) atoms. The minimum atomic E-state index is -2.53. The SMILES string of the molecule is CCC([SiH2]C(F)F)C([SiH2]C(F)F)[SiH2]C(F)F. The average molecular weight is 298 g/mol. The maximum Gasteiger partial charge on any atom is 0.214 e. The highest BCUT2D eigenvalue weighted by Gasteiger charge is 2.30. The van der Waals surface area contributed by atoms with E-state index in [1.807, 2.05) is 0 Å². The molecule has 0 radical (unpaired) electrons. The predicted octanol–water partition coefficient (Wildman–Crippen LogP) is 1.11. The number of halogens is 6. The van der Waals surface area contributed by atoms with Gasteiger partial charge in [0.25, 0.3) is 0 Å². The molecule has 0 bridgehead atoms. The van der Waals surface area contributed by atoms with Crippen LogP contribution in [0.15, 0.2) is 0 Å².